The van der Waals surface area contributed by atoms with Gasteiger partial charge in [0.25, 0.3) is 10.0 Å². The summed E-state index contributed by atoms with van der Waals surface area (Å²) in [7, 11) is -3.82. The number of rotatable bonds is 8. The highest BCUT2D eigenvalue weighted by molar-refractivity contribution is 7.89. The first kappa shape index (κ1) is 22.3. The lowest BCUT2D eigenvalue weighted by molar-refractivity contribution is -0.114. The molecule has 0 spiro atoms. The predicted molar refractivity (Wildman–Crippen MR) is 121 cm³/mol. The van der Waals surface area contributed by atoms with Crippen LogP contribution in [0.3, 0.4) is 0 Å². The van der Waals surface area contributed by atoms with Gasteiger partial charge in [0.15, 0.2) is 0 Å². The van der Waals surface area contributed by atoms with Crippen molar-refractivity contribution in [1.29, 1.82) is 0 Å². The summed E-state index contributed by atoms with van der Waals surface area (Å²) in [5.41, 5.74) is 2.16. The van der Waals surface area contributed by atoms with Crippen molar-refractivity contribution < 1.29 is 17.9 Å². The number of anilines is 1. The fourth-order valence-corrected chi connectivity index (χ4v) is 3.59. The largest absolute Gasteiger partial charge is 0.489 e. The lowest BCUT2D eigenvalue weighted by Crippen LogP contribution is -2.18. The third-order valence-electron chi connectivity index (χ3n) is 4.05. The predicted octanol–water partition coefficient (Wildman–Crippen LogP) is 4.19. The van der Waals surface area contributed by atoms with Crippen LogP contribution >= 0.6 is 11.6 Å². The molecule has 0 fully saturated rings. The van der Waals surface area contributed by atoms with Crippen molar-refractivity contribution in [3.8, 4) is 5.75 Å². The lowest BCUT2D eigenvalue weighted by atomic mass is 10.2. The highest BCUT2D eigenvalue weighted by Crippen LogP contribution is 2.16. The van der Waals surface area contributed by atoms with Crippen LogP contribution in [0.15, 0.2) is 82.8 Å². The van der Waals surface area contributed by atoms with Crippen LogP contribution in [0.25, 0.3) is 0 Å². The normalized spacial score (nSPS) is 11.3. The summed E-state index contributed by atoms with van der Waals surface area (Å²) >= 11 is 5.96. The van der Waals surface area contributed by atoms with Gasteiger partial charge < -0.3 is 10.1 Å². The van der Waals surface area contributed by atoms with E-state index in [9.17, 15) is 13.2 Å². The van der Waals surface area contributed by atoms with Gasteiger partial charge in [0.2, 0.25) is 5.91 Å². The average Bonchev–Trinajstić information content (AvgIpc) is 2.73. The molecule has 0 bridgehead atoms. The maximum atomic E-state index is 12.3. The first-order chi connectivity index (χ1) is 14.8. The number of hydrogen-bond donors (Lipinski definition) is 2. The van der Waals surface area contributed by atoms with E-state index in [-0.39, 0.29) is 10.8 Å². The zero-order valence-electron chi connectivity index (χ0n) is 16.6. The Balaban J connectivity index is 1.55. The number of amides is 1. The minimum Gasteiger partial charge on any atom is -0.489 e. The summed E-state index contributed by atoms with van der Waals surface area (Å²) in [6.45, 7) is 1.76. The molecule has 0 aromatic heterocycles. The van der Waals surface area contributed by atoms with Gasteiger partial charge in [-0.2, -0.15) is 13.5 Å². The number of sulfonamides is 1. The van der Waals surface area contributed by atoms with Gasteiger partial charge in [-0.1, -0.05) is 23.7 Å². The molecule has 2 N–H and O–H groups in total. The second-order valence-electron chi connectivity index (χ2n) is 6.55. The van der Waals surface area contributed by atoms with Crippen molar-refractivity contribution in [2.75, 3.05) is 5.32 Å². The van der Waals surface area contributed by atoms with E-state index in [4.69, 9.17) is 16.3 Å². The molecule has 0 saturated carbocycles. The highest BCUT2D eigenvalue weighted by Gasteiger charge is 2.12. The van der Waals surface area contributed by atoms with Crippen molar-refractivity contribution in [3.05, 3.63) is 88.9 Å². The Kier molecular flexibility index (Phi) is 7.28. The number of ether oxygens (including phenoxy) is 1. The molecule has 3 aromatic rings. The standard InChI is InChI=1S/C22H20ClN3O4S/c1-16(27)25-20-7-11-22(12-8-20)31(28,29)26-24-14-17-5-9-21(10-6-17)30-15-18-3-2-4-19(23)13-18/h2-14,26H,15H2,1H3,(H,25,27). The Morgan fingerprint density at radius 3 is 2.42 bits per heavy atom. The SMILES string of the molecule is CC(=O)Nc1ccc(S(=O)(=O)NN=Cc2ccc(OCc3cccc(Cl)c3)cc2)cc1. The van der Waals surface area contributed by atoms with E-state index in [1.54, 1.807) is 30.3 Å². The minimum absolute atomic E-state index is 0.0310. The first-order valence-electron chi connectivity index (χ1n) is 9.22. The number of halogens is 1. The van der Waals surface area contributed by atoms with Gasteiger partial charge in [0.1, 0.15) is 12.4 Å². The number of nitrogens with one attached hydrogen (secondary N) is 2. The third kappa shape index (κ3) is 6.84. The lowest BCUT2D eigenvalue weighted by Gasteiger charge is -2.07. The molecule has 160 valence electrons. The average molecular weight is 458 g/mol. The van der Waals surface area contributed by atoms with E-state index in [1.807, 2.05) is 18.2 Å². The van der Waals surface area contributed by atoms with E-state index in [0.717, 1.165) is 5.56 Å². The molecular weight excluding hydrogens is 438 g/mol. The van der Waals surface area contributed by atoms with Crippen molar-refractivity contribution in [3.63, 3.8) is 0 Å². The first-order valence-corrected chi connectivity index (χ1v) is 11.1. The third-order valence-corrected chi connectivity index (χ3v) is 5.52. The zero-order chi connectivity index (χ0) is 22.3. The van der Waals surface area contributed by atoms with Gasteiger partial charge in [-0.05, 0) is 71.8 Å². The zero-order valence-corrected chi connectivity index (χ0v) is 18.2. The van der Waals surface area contributed by atoms with E-state index >= 15 is 0 Å². The molecule has 31 heavy (non-hydrogen) atoms. The number of carbonyl (C=O) groups excluding carboxylic acids is 1. The van der Waals surface area contributed by atoms with Crippen LogP contribution < -0.4 is 14.9 Å². The van der Waals surface area contributed by atoms with Gasteiger partial charge in [-0.3, -0.25) is 4.79 Å². The van der Waals surface area contributed by atoms with E-state index in [0.29, 0.717) is 28.6 Å². The molecule has 0 aliphatic heterocycles. The van der Waals surface area contributed by atoms with Crippen molar-refractivity contribution in [2.45, 2.75) is 18.4 Å². The van der Waals surface area contributed by atoms with E-state index in [1.165, 1.54) is 37.4 Å². The van der Waals surface area contributed by atoms with Crippen LogP contribution in [-0.4, -0.2) is 20.5 Å². The van der Waals surface area contributed by atoms with Gasteiger partial charge >= 0.3 is 0 Å². The summed E-state index contributed by atoms with van der Waals surface area (Å²) in [4.78, 5) is 13.2. The molecular formula is C22H20ClN3O4S. The summed E-state index contributed by atoms with van der Waals surface area (Å²) in [6, 6.07) is 20.2. The summed E-state index contributed by atoms with van der Waals surface area (Å²) in [6.07, 6.45) is 1.39. The quantitative estimate of drug-likeness (QED) is 0.391. The van der Waals surface area contributed by atoms with Gasteiger partial charge in [-0.25, -0.2) is 4.83 Å². The minimum atomic E-state index is -3.82. The fourth-order valence-electron chi connectivity index (χ4n) is 2.59. The summed E-state index contributed by atoms with van der Waals surface area (Å²) < 4.78 is 30.3. The number of benzene rings is 3. The molecule has 1 amide bonds. The Morgan fingerprint density at radius 2 is 1.77 bits per heavy atom. The second-order valence-corrected chi connectivity index (χ2v) is 8.64. The number of carbonyl (C=O) groups is 1. The maximum Gasteiger partial charge on any atom is 0.276 e. The molecule has 0 unspecified atom stereocenters. The van der Waals surface area contributed by atoms with E-state index < -0.39 is 10.0 Å². The van der Waals surface area contributed by atoms with Crippen molar-refractivity contribution >= 4 is 39.4 Å². The van der Waals surface area contributed by atoms with Gasteiger partial charge in [-0.15, -0.1) is 0 Å². The number of hydrazone groups is 1. The van der Waals surface area contributed by atoms with Crippen LogP contribution in [0.2, 0.25) is 5.02 Å². The summed E-state index contributed by atoms with van der Waals surface area (Å²) in [5, 5.41) is 7.03. The molecule has 0 aliphatic rings. The molecule has 0 aliphatic carbocycles. The molecule has 3 aromatic carbocycles. The second kappa shape index (κ2) is 10.1. The molecule has 9 heteroatoms. The molecule has 3 rings (SSSR count). The molecule has 0 radical (unpaired) electrons. The van der Waals surface area contributed by atoms with Crippen LogP contribution in [-0.2, 0) is 21.4 Å². The molecule has 7 nitrogen and oxygen atoms in total. The number of hydrogen-bond acceptors (Lipinski definition) is 5. The molecule has 0 heterocycles. The Morgan fingerprint density at radius 1 is 1.06 bits per heavy atom. The van der Waals surface area contributed by atoms with Crippen molar-refractivity contribution in [2.24, 2.45) is 5.10 Å². The van der Waals surface area contributed by atoms with Crippen LogP contribution in [0.4, 0.5) is 5.69 Å². The topological polar surface area (TPSA) is 96.9 Å². The Bertz CT molecular complexity index is 1180. The monoisotopic (exact) mass is 457 g/mol. The van der Waals surface area contributed by atoms with Crippen LogP contribution in [0, 0.1) is 0 Å². The summed E-state index contributed by atoms with van der Waals surface area (Å²) in [5.74, 6) is 0.427. The highest BCUT2D eigenvalue weighted by atomic mass is 35.5. The van der Waals surface area contributed by atoms with E-state index in [2.05, 4.69) is 15.2 Å². The van der Waals surface area contributed by atoms with Gasteiger partial charge in [0, 0.05) is 17.6 Å². The Hall–Kier alpha value is -3.36. The molecule has 0 atom stereocenters. The fraction of sp³-hybridized carbons (Fsp3) is 0.0909. The number of nitrogens with zero attached hydrogens (tertiary/aromatic N) is 1. The van der Waals surface area contributed by atoms with Crippen LogP contribution in [0.5, 0.6) is 5.75 Å². The van der Waals surface area contributed by atoms with Crippen LogP contribution in [0.1, 0.15) is 18.1 Å². The maximum absolute atomic E-state index is 12.3. The van der Waals surface area contributed by atoms with Crippen molar-refractivity contribution in [1.82, 2.24) is 4.83 Å². The smallest absolute Gasteiger partial charge is 0.276 e. The Labute approximate surface area is 185 Å². The van der Waals surface area contributed by atoms with Gasteiger partial charge in [0.05, 0.1) is 11.1 Å². The molecule has 0 saturated heterocycles.